The monoisotopic (exact) mass is 249 g/mol. The molecule has 0 saturated carbocycles. The molecule has 1 rings (SSSR count). The molecule has 0 aliphatic carbocycles. The smallest absolute Gasteiger partial charge is 0.251 e. The lowest BCUT2D eigenvalue weighted by Crippen LogP contribution is -2.23. The highest BCUT2D eigenvalue weighted by molar-refractivity contribution is 5.96. The summed E-state index contributed by atoms with van der Waals surface area (Å²) in [7, 11) is 0. The standard InChI is InChI=1S/C14H23N3O/c1-4-6-10(3)17-13-9-11(7-8-12(13)15)14(18)16-5-2/h7-10,17H,4-6,15H2,1-3H3,(H,16,18). The van der Waals surface area contributed by atoms with Gasteiger partial charge in [0.05, 0.1) is 11.4 Å². The van der Waals surface area contributed by atoms with Crippen molar-refractivity contribution in [2.45, 2.75) is 39.7 Å². The summed E-state index contributed by atoms with van der Waals surface area (Å²) >= 11 is 0. The maximum absolute atomic E-state index is 11.7. The van der Waals surface area contributed by atoms with Gasteiger partial charge < -0.3 is 16.4 Å². The van der Waals surface area contributed by atoms with E-state index in [1.807, 2.05) is 13.0 Å². The molecule has 0 heterocycles. The lowest BCUT2D eigenvalue weighted by atomic mass is 10.1. The average molecular weight is 249 g/mol. The molecule has 0 spiro atoms. The number of nitrogens with two attached hydrogens (primary N) is 1. The van der Waals surface area contributed by atoms with Crippen LogP contribution in [0.4, 0.5) is 11.4 Å². The van der Waals surface area contributed by atoms with Gasteiger partial charge in [-0.2, -0.15) is 0 Å². The van der Waals surface area contributed by atoms with E-state index in [1.165, 1.54) is 0 Å². The minimum absolute atomic E-state index is 0.0660. The third-order valence-corrected chi connectivity index (χ3v) is 2.78. The van der Waals surface area contributed by atoms with E-state index in [0.717, 1.165) is 18.5 Å². The van der Waals surface area contributed by atoms with E-state index in [-0.39, 0.29) is 5.91 Å². The Morgan fingerprint density at radius 3 is 2.72 bits per heavy atom. The first-order valence-electron chi connectivity index (χ1n) is 6.52. The van der Waals surface area contributed by atoms with Gasteiger partial charge in [0, 0.05) is 18.2 Å². The third kappa shape index (κ3) is 3.95. The van der Waals surface area contributed by atoms with Crippen molar-refractivity contribution in [3.05, 3.63) is 23.8 Å². The van der Waals surface area contributed by atoms with Gasteiger partial charge in [-0.1, -0.05) is 13.3 Å². The molecule has 4 heteroatoms. The van der Waals surface area contributed by atoms with Gasteiger partial charge in [0.25, 0.3) is 5.91 Å². The number of hydrogen-bond acceptors (Lipinski definition) is 3. The number of nitrogen functional groups attached to an aromatic ring is 1. The molecule has 0 aliphatic heterocycles. The second kappa shape index (κ2) is 6.89. The fourth-order valence-corrected chi connectivity index (χ4v) is 1.86. The second-order valence-electron chi connectivity index (χ2n) is 4.50. The average Bonchev–Trinajstić information content (AvgIpc) is 2.32. The van der Waals surface area contributed by atoms with Gasteiger partial charge in [-0.3, -0.25) is 4.79 Å². The van der Waals surface area contributed by atoms with Crippen LogP contribution in [0, 0.1) is 0 Å². The van der Waals surface area contributed by atoms with Crippen molar-refractivity contribution in [3.63, 3.8) is 0 Å². The van der Waals surface area contributed by atoms with Crippen LogP contribution in [0.25, 0.3) is 0 Å². The normalized spacial score (nSPS) is 11.9. The molecule has 0 fully saturated rings. The molecule has 0 saturated heterocycles. The number of carbonyl (C=O) groups excluding carboxylic acids is 1. The van der Waals surface area contributed by atoms with Crippen molar-refractivity contribution in [2.75, 3.05) is 17.6 Å². The van der Waals surface area contributed by atoms with Crippen LogP contribution in [0.15, 0.2) is 18.2 Å². The molecule has 0 aliphatic rings. The van der Waals surface area contributed by atoms with Gasteiger partial charge in [0.2, 0.25) is 0 Å². The van der Waals surface area contributed by atoms with Crippen molar-refractivity contribution in [2.24, 2.45) is 0 Å². The van der Waals surface area contributed by atoms with Crippen molar-refractivity contribution in [3.8, 4) is 0 Å². The van der Waals surface area contributed by atoms with Crippen LogP contribution in [0.1, 0.15) is 44.0 Å². The summed E-state index contributed by atoms with van der Waals surface area (Å²) in [4.78, 5) is 11.7. The molecule has 0 radical (unpaired) electrons. The van der Waals surface area contributed by atoms with E-state index >= 15 is 0 Å². The Labute approximate surface area is 109 Å². The van der Waals surface area contributed by atoms with E-state index in [0.29, 0.717) is 23.8 Å². The van der Waals surface area contributed by atoms with Crippen molar-refractivity contribution >= 4 is 17.3 Å². The topological polar surface area (TPSA) is 67.2 Å². The predicted molar refractivity (Wildman–Crippen MR) is 76.9 cm³/mol. The first-order valence-corrected chi connectivity index (χ1v) is 6.52. The van der Waals surface area contributed by atoms with Gasteiger partial charge in [0.1, 0.15) is 0 Å². The highest BCUT2D eigenvalue weighted by Gasteiger charge is 2.09. The number of anilines is 2. The molecule has 4 nitrogen and oxygen atoms in total. The minimum Gasteiger partial charge on any atom is -0.397 e. The van der Waals surface area contributed by atoms with Crippen LogP contribution in [0.2, 0.25) is 0 Å². The largest absolute Gasteiger partial charge is 0.397 e. The zero-order valence-electron chi connectivity index (χ0n) is 11.4. The minimum atomic E-state index is -0.0660. The number of rotatable bonds is 6. The summed E-state index contributed by atoms with van der Waals surface area (Å²) in [5.74, 6) is -0.0660. The lowest BCUT2D eigenvalue weighted by Gasteiger charge is -2.17. The fourth-order valence-electron chi connectivity index (χ4n) is 1.86. The van der Waals surface area contributed by atoms with E-state index < -0.39 is 0 Å². The molecule has 1 unspecified atom stereocenters. The zero-order chi connectivity index (χ0) is 13.5. The van der Waals surface area contributed by atoms with E-state index in [4.69, 9.17) is 5.73 Å². The molecular formula is C14H23N3O. The highest BCUT2D eigenvalue weighted by atomic mass is 16.1. The quantitative estimate of drug-likeness (QED) is 0.679. The maximum atomic E-state index is 11.7. The summed E-state index contributed by atoms with van der Waals surface area (Å²) in [6.45, 7) is 6.78. The Balaban J connectivity index is 2.84. The van der Waals surface area contributed by atoms with Crippen molar-refractivity contribution in [1.82, 2.24) is 5.32 Å². The number of hydrogen-bond donors (Lipinski definition) is 3. The Morgan fingerprint density at radius 1 is 1.39 bits per heavy atom. The summed E-state index contributed by atoms with van der Waals surface area (Å²) in [6, 6.07) is 5.68. The molecule has 100 valence electrons. The van der Waals surface area contributed by atoms with Crippen LogP contribution >= 0.6 is 0 Å². The Kier molecular flexibility index (Phi) is 5.49. The molecule has 1 amide bonds. The molecule has 1 aromatic rings. The molecule has 0 aromatic heterocycles. The number of benzene rings is 1. The summed E-state index contributed by atoms with van der Waals surface area (Å²) in [5, 5.41) is 6.12. The van der Waals surface area contributed by atoms with Crippen LogP contribution < -0.4 is 16.4 Å². The van der Waals surface area contributed by atoms with Crippen LogP contribution in [0.5, 0.6) is 0 Å². The molecule has 4 N–H and O–H groups in total. The third-order valence-electron chi connectivity index (χ3n) is 2.78. The van der Waals surface area contributed by atoms with E-state index in [1.54, 1.807) is 12.1 Å². The molecule has 1 aromatic carbocycles. The van der Waals surface area contributed by atoms with Gasteiger partial charge >= 0.3 is 0 Å². The summed E-state index contributed by atoms with van der Waals surface area (Å²) in [6.07, 6.45) is 2.19. The predicted octanol–water partition coefficient (Wildman–Crippen LogP) is 2.62. The van der Waals surface area contributed by atoms with Crippen LogP contribution in [-0.4, -0.2) is 18.5 Å². The molecular weight excluding hydrogens is 226 g/mol. The van der Waals surface area contributed by atoms with Gasteiger partial charge in [-0.05, 0) is 38.5 Å². The highest BCUT2D eigenvalue weighted by Crippen LogP contribution is 2.21. The lowest BCUT2D eigenvalue weighted by molar-refractivity contribution is 0.0956. The number of nitrogens with one attached hydrogen (secondary N) is 2. The molecule has 1 atom stereocenters. The molecule has 0 bridgehead atoms. The Bertz CT molecular complexity index is 404. The SMILES string of the molecule is CCCC(C)Nc1cc(C(=O)NCC)ccc1N. The number of amides is 1. The van der Waals surface area contributed by atoms with Crippen molar-refractivity contribution < 1.29 is 4.79 Å². The van der Waals surface area contributed by atoms with Gasteiger partial charge in [-0.25, -0.2) is 0 Å². The maximum Gasteiger partial charge on any atom is 0.251 e. The zero-order valence-corrected chi connectivity index (χ0v) is 11.4. The molecule has 18 heavy (non-hydrogen) atoms. The van der Waals surface area contributed by atoms with Crippen LogP contribution in [0.3, 0.4) is 0 Å². The van der Waals surface area contributed by atoms with E-state index in [2.05, 4.69) is 24.5 Å². The summed E-state index contributed by atoms with van der Waals surface area (Å²) < 4.78 is 0. The first kappa shape index (κ1) is 14.4. The number of carbonyl (C=O) groups is 1. The Hall–Kier alpha value is -1.71. The van der Waals surface area contributed by atoms with Gasteiger partial charge in [0.15, 0.2) is 0 Å². The fraction of sp³-hybridized carbons (Fsp3) is 0.500. The van der Waals surface area contributed by atoms with Crippen molar-refractivity contribution in [1.29, 1.82) is 0 Å². The van der Waals surface area contributed by atoms with Gasteiger partial charge in [-0.15, -0.1) is 0 Å². The second-order valence-corrected chi connectivity index (χ2v) is 4.50. The Morgan fingerprint density at radius 2 is 2.11 bits per heavy atom. The first-order chi connectivity index (χ1) is 8.58. The van der Waals surface area contributed by atoms with Crippen LogP contribution in [-0.2, 0) is 0 Å². The van der Waals surface area contributed by atoms with E-state index in [9.17, 15) is 4.79 Å². The summed E-state index contributed by atoms with van der Waals surface area (Å²) in [5.41, 5.74) is 8.06.